The number of carbonyl (C=O) groups is 3. The fourth-order valence-corrected chi connectivity index (χ4v) is 10.5. The van der Waals surface area contributed by atoms with Gasteiger partial charge in [-0.2, -0.15) is 9.46 Å². The number of alkyl carbamates (subject to hydrolysis) is 1. The Hall–Kier alpha value is -4.79. The number of hydrogen-bond acceptors (Lipinski definition) is 10. The lowest BCUT2D eigenvalue weighted by Crippen LogP contribution is -2.50. The molecule has 0 radical (unpaired) electrons. The first-order valence-electron chi connectivity index (χ1n) is 23.1. The predicted octanol–water partition coefficient (Wildman–Crippen LogP) is 6.89. The number of halogens is 6. The number of ether oxygens (including phenoxy) is 4. The molecule has 67 heavy (non-hydrogen) atoms. The quantitative estimate of drug-likeness (QED) is 0.153. The maximum atomic E-state index is 13.8. The van der Waals surface area contributed by atoms with Crippen molar-refractivity contribution in [3.05, 3.63) is 57.5 Å². The normalized spacial score (nSPS) is 24.7. The topological polar surface area (TPSA) is 173 Å². The minimum absolute atomic E-state index is 0.0180. The molecule has 2 aromatic rings. The van der Waals surface area contributed by atoms with Crippen LogP contribution in [0.25, 0.3) is 0 Å². The first-order chi connectivity index (χ1) is 31.2. The molecule has 1 saturated heterocycles. The van der Waals surface area contributed by atoms with Gasteiger partial charge in [-0.15, -0.1) is 26.3 Å². The standard InChI is InChI=1S/C23H32F3N3O5.C23H32F3N3O4/c1-14(2)22(8-6-16(11-22)27-20(31)34-21(3,4)5)19(30)28-9-7-18-15(12-28)10-17(13-29(18)32)33-23(24,25)26;1-15(2)22(7-3-18(12-22)27-17-5-9-32-10-6-17)21(30)28-8-4-20-16(13-28)11-19(14-29(20)31)33-23(24,25)26/h10,13-14,16H,6-9,11-12H2,1-5H3,(H,27,31);11,14-15,17-18,27H,3-10,12-13H2,1-2H3/t16-,22+;18-,22+/m11/s1. The molecule has 0 aromatic carbocycles. The summed E-state index contributed by atoms with van der Waals surface area (Å²) in [5, 5.41) is 31.1. The largest absolute Gasteiger partial charge is 0.618 e. The lowest BCUT2D eigenvalue weighted by atomic mass is 9.74. The number of fused-ring (bicyclic) bond motifs is 2. The van der Waals surface area contributed by atoms with Crippen LogP contribution in [0.15, 0.2) is 24.5 Å². The van der Waals surface area contributed by atoms with Gasteiger partial charge < -0.3 is 49.8 Å². The summed E-state index contributed by atoms with van der Waals surface area (Å²) in [5.74, 6) is -1.18. The first kappa shape index (κ1) is 51.6. The van der Waals surface area contributed by atoms with Crippen molar-refractivity contribution in [2.45, 2.75) is 162 Å². The molecule has 7 rings (SSSR count). The Bertz CT molecular complexity index is 2110. The third kappa shape index (κ3) is 12.7. The molecule has 5 heterocycles. The van der Waals surface area contributed by atoms with E-state index in [9.17, 15) is 51.1 Å². The number of amides is 3. The summed E-state index contributed by atoms with van der Waals surface area (Å²) in [6, 6.07) is 2.83. The van der Waals surface area contributed by atoms with E-state index in [1.807, 2.05) is 13.8 Å². The number of nitrogens with zero attached hydrogens (tertiary/aromatic N) is 4. The zero-order valence-corrected chi connectivity index (χ0v) is 39.2. The summed E-state index contributed by atoms with van der Waals surface area (Å²) in [7, 11) is 0. The van der Waals surface area contributed by atoms with E-state index in [0.717, 1.165) is 57.7 Å². The summed E-state index contributed by atoms with van der Waals surface area (Å²) in [6.45, 7) is 15.6. The molecule has 2 saturated carbocycles. The number of hydrogen-bond donors (Lipinski definition) is 2. The SMILES string of the molecule is CC(C)[C@]1(C(=O)N2CCc3c(cc(OC(F)(F)F)c[n+]3[O-])C2)CC[C@@H](NC(=O)OC(C)(C)C)C1.CC(C)[C@]1(C(=O)N2CCc3c(cc(OC(F)(F)F)c[n+]3[O-])C2)CC[C@@H](NC2CCOCC2)C1. The van der Waals surface area contributed by atoms with Gasteiger partial charge in [-0.05, 0) is 96.1 Å². The van der Waals surface area contributed by atoms with Crippen LogP contribution in [-0.4, -0.2) is 90.5 Å². The van der Waals surface area contributed by atoms with E-state index >= 15 is 0 Å². The molecular weight excluding hydrogens is 895 g/mol. The van der Waals surface area contributed by atoms with E-state index in [2.05, 4.69) is 34.0 Å². The number of aromatic nitrogens is 2. The van der Waals surface area contributed by atoms with Gasteiger partial charge in [0.05, 0.1) is 36.8 Å². The van der Waals surface area contributed by atoms with Crippen molar-refractivity contribution in [3.63, 3.8) is 0 Å². The van der Waals surface area contributed by atoms with Gasteiger partial charge in [-0.3, -0.25) is 9.59 Å². The van der Waals surface area contributed by atoms with Crippen molar-refractivity contribution < 1.29 is 69.1 Å². The van der Waals surface area contributed by atoms with Gasteiger partial charge in [-0.1, -0.05) is 27.7 Å². The van der Waals surface area contributed by atoms with E-state index in [1.165, 1.54) is 12.1 Å². The molecule has 0 unspecified atom stereocenters. The van der Waals surface area contributed by atoms with Crippen LogP contribution in [0.1, 0.15) is 122 Å². The molecule has 3 amide bonds. The zero-order chi connectivity index (χ0) is 49.3. The predicted molar refractivity (Wildman–Crippen MR) is 229 cm³/mol. The number of alkyl halides is 6. The van der Waals surface area contributed by atoms with Crippen molar-refractivity contribution >= 4 is 17.9 Å². The van der Waals surface area contributed by atoms with Crippen LogP contribution in [0.2, 0.25) is 0 Å². The fourth-order valence-electron chi connectivity index (χ4n) is 10.5. The summed E-state index contributed by atoms with van der Waals surface area (Å²) in [5.41, 5.74) is -0.442. The summed E-state index contributed by atoms with van der Waals surface area (Å²) < 4.78 is 95.3. The highest BCUT2D eigenvalue weighted by atomic mass is 19.4. The molecule has 2 aromatic heterocycles. The molecular formula is C46H64F6N6O9. The van der Waals surface area contributed by atoms with Gasteiger partial charge in [0.25, 0.3) is 0 Å². The van der Waals surface area contributed by atoms with Crippen molar-refractivity contribution in [2.75, 3.05) is 26.3 Å². The van der Waals surface area contributed by atoms with E-state index in [4.69, 9.17) is 9.47 Å². The Labute approximate surface area is 387 Å². The lowest BCUT2D eigenvalue weighted by Gasteiger charge is -2.39. The molecule has 2 aliphatic carbocycles. The van der Waals surface area contributed by atoms with Crippen LogP contribution in [0.5, 0.6) is 11.5 Å². The van der Waals surface area contributed by atoms with Gasteiger partial charge in [0, 0.05) is 55.6 Å². The maximum absolute atomic E-state index is 13.8. The van der Waals surface area contributed by atoms with E-state index in [0.29, 0.717) is 70.2 Å². The summed E-state index contributed by atoms with van der Waals surface area (Å²) in [6.07, 6.45) is -2.30. The third-order valence-corrected chi connectivity index (χ3v) is 14.0. The molecule has 0 spiro atoms. The van der Waals surface area contributed by atoms with Crippen LogP contribution in [-0.2, 0) is 45.0 Å². The van der Waals surface area contributed by atoms with Crippen molar-refractivity contribution in [1.29, 1.82) is 0 Å². The van der Waals surface area contributed by atoms with Crippen molar-refractivity contribution in [3.8, 4) is 11.5 Å². The zero-order valence-electron chi connectivity index (χ0n) is 39.2. The van der Waals surface area contributed by atoms with Crippen LogP contribution in [0.3, 0.4) is 0 Å². The van der Waals surface area contributed by atoms with Gasteiger partial charge in [0.1, 0.15) is 5.60 Å². The smallest absolute Gasteiger partial charge is 0.573 e. The molecule has 3 fully saturated rings. The second kappa shape index (κ2) is 20.0. The third-order valence-electron chi connectivity index (χ3n) is 14.0. The Morgan fingerprint density at radius 1 is 0.716 bits per heavy atom. The number of pyridine rings is 2. The van der Waals surface area contributed by atoms with Crippen molar-refractivity contribution in [1.82, 2.24) is 20.4 Å². The van der Waals surface area contributed by atoms with Crippen molar-refractivity contribution in [2.24, 2.45) is 22.7 Å². The Balaban J connectivity index is 0.000000221. The van der Waals surface area contributed by atoms with Gasteiger partial charge in [0.15, 0.2) is 22.9 Å². The minimum atomic E-state index is -4.92. The molecule has 5 aliphatic rings. The van der Waals surface area contributed by atoms with E-state index in [-0.39, 0.29) is 61.8 Å². The molecule has 0 bridgehead atoms. The Morgan fingerprint density at radius 2 is 1.15 bits per heavy atom. The molecule has 4 atom stereocenters. The molecule has 15 nitrogen and oxygen atoms in total. The summed E-state index contributed by atoms with van der Waals surface area (Å²) >= 11 is 0. The highest BCUT2D eigenvalue weighted by Gasteiger charge is 2.52. The van der Waals surface area contributed by atoms with Gasteiger partial charge >= 0.3 is 18.8 Å². The highest BCUT2D eigenvalue weighted by molar-refractivity contribution is 5.84. The van der Waals surface area contributed by atoms with E-state index < -0.39 is 46.7 Å². The second-order valence-electron chi connectivity index (χ2n) is 20.2. The minimum Gasteiger partial charge on any atom is -0.618 e. The highest BCUT2D eigenvalue weighted by Crippen LogP contribution is 2.48. The van der Waals surface area contributed by atoms with Crippen LogP contribution in [0, 0.1) is 33.1 Å². The van der Waals surface area contributed by atoms with Gasteiger partial charge in [0.2, 0.25) is 24.2 Å². The molecule has 374 valence electrons. The van der Waals surface area contributed by atoms with E-state index in [1.54, 1.807) is 30.6 Å². The number of rotatable bonds is 9. The monoisotopic (exact) mass is 958 g/mol. The fraction of sp³-hybridized carbons (Fsp3) is 0.717. The first-order valence-corrected chi connectivity index (χ1v) is 23.1. The second-order valence-corrected chi connectivity index (χ2v) is 20.2. The average Bonchev–Trinajstić information content (AvgIpc) is 3.85. The van der Waals surface area contributed by atoms with Crippen LogP contribution < -0.4 is 29.6 Å². The molecule has 21 heteroatoms. The Kier molecular flexibility index (Phi) is 15.4. The number of carbonyl (C=O) groups excluding carboxylic acids is 3. The van der Waals surface area contributed by atoms with Gasteiger partial charge in [-0.25, -0.2) is 4.79 Å². The summed E-state index contributed by atoms with van der Waals surface area (Å²) in [4.78, 5) is 43.0. The Morgan fingerprint density at radius 3 is 1.57 bits per heavy atom. The maximum Gasteiger partial charge on any atom is 0.573 e. The lowest BCUT2D eigenvalue weighted by molar-refractivity contribution is -0.616. The number of nitrogens with one attached hydrogen (secondary N) is 2. The van der Waals surface area contributed by atoms with Crippen LogP contribution in [0.4, 0.5) is 31.1 Å². The molecule has 2 N–H and O–H groups in total. The average molecular weight is 959 g/mol. The van der Waals surface area contributed by atoms with Crippen LogP contribution >= 0.6 is 0 Å². The molecule has 3 aliphatic heterocycles.